The molecular weight excluding hydrogens is 220 g/mol. The molecule has 0 radical (unpaired) electrons. The Labute approximate surface area is 97.8 Å². The molecule has 0 bridgehead atoms. The lowest BCUT2D eigenvalue weighted by Crippen LogP contribution is -2.37. The van der Waals surface area contributed by atoms with Gasteiger partial charge in [0.15, 0.2) is 0 Å². The highest BCUT2D eigenvalue weighted by molar-refractivity contribution is 4.89. The number of hydrogen-bond donors (Lipinski definition) is 0. The molecule has 2 rings (SSSR count). The van der Waals surface area contributed by atoms with Gasteiger partial charge in [0.1, 0.15) is 5.82 Å². The Morgan fingerprint density at radius 2 is 1.88 bits per heavy atom. The summed E-state index contributed by atoms with van der Waals surface area (Å²) in [4.78, 5) is 27.1. The molecular formula is C11H14N4O2. The summed E-state index contributed by atoms with van der Waals surface area (Å²) in [5.74, 6) is 0.905. The van der Waals surface area contributed by atoms with Gasteiger partial charge in [-0.05, 0) is 6.92 Å². The fraction of sp³-hybridized carbons (Fsp3) is 0.364. The van der Waals surface area contributed by atoms with E-state index in [1.807, 2.05) is 17.7 Å². The van der Waals surface area contributed by atoms with Gasteiger partial charge in [-0.15, -0.1) is 0 Å². The molecule has 0 atom stereocenters. The predicted octanol–water partition coefficient (Wildman–Crippen LogP) is -0.248. The van der Waals surface area contributed by atoms with Crippen LogP contribution in [0.5, 0.6) is 0 Å². The van der Waals surface area contributed by atoms with E-state index in [2.05, 4.69) is 4.98 Å². The van der Waals surface area contributed by atoms with E-state index in [0.29, 0.717) is 13.1 Å². The minimum Gasteiger partial charge on any atom is -0.333 e. The summed E-state index contributed by atoms with van der Waals surface area (Å²) >= 11 is 0. The van der Waals surface area contributed by atoms with Crippen LogP contribution >= 0.6 is 0 Å². The molecule has 0 aromatic carbocycles. The predicted molar refractivity (Wildman–Crippen MR) is 62.9 cm³/mol. The van der Waals surface area contributed by atoms with E-state index >= 15 is 0 Å². The molecule has 6 nitrogen and oxygen atoms in total. The lowest BCUT2D eigenvalue weighted by Gasteiger charge is -2.08. The fourth-order valence-electron chi connectivity index (χ4n) is 1.64. The monoisotopic (exact) mass is 234 g/mol. The van der Waals surface area contributed by atoms with Gasteiger partial charge in [-0.3, -0.25) is 13.9 Å². The Balaban J connectivity index is 2.21. The van der Waals surface area contributed by atoms with Crippen LogP contribution in [0.1, 0.15) is 5.82 Å². The van der Waals surface area contributed by atoms with Crippen molar-refractivity contribution >= 4 is 0 Å². The average Bonchev–Trinajstić information content (AvgIpc) is 2.71. The molecule has 17 heavy (non-hydrogen) atoms. The van der Waals surface area contributed by atoms with Gasteiger partial charge in [-0.2, -0.15) is 0 Å². The SMILES string of the molecule is Cc1nccn1CCn1ccc(=O)n(C)c1=O. The van der Waals surface area contributed by atoms with Crippen LogP contribution in [-0.4, -0.2) is 18.7 Å². The Morgan fingerprint density at radius 3 is 2.53 bits per heavy atom. The first-order valence-corrected chi connectivity index (χ1v) is 5.34. The largest absolute Gasteiger partial charge is 0.333 e. The minimum absolute atomic E-state index is 0.287. The molecule has 0 saturated carbocycles. The van der Waals surface area contributed by atoms with Crippen molar-refractivity contribution in [2.45, 2.75) is 20.0 Å². The van der Waals surface area contributed by atoms with E-state index in [1.165, 1.54) is 23.9 Å². The molecule has 0 aliphatic heterocycles. The summed E-state index contributed by atoms with van der Waals surface area (Å²) < 4.78 is 4.57. The van der Waals surface area contributed by atoms with Crippen LogP contribution < -0.4 is 11.2 Å². The number of hydrogen-bond acceptors (Lipinski definition) is 3. The first kappa shape index (κ1) is 11.4. The molecule has 2 heterocycles. The summed E-state index contributed by atoms with van der Waals surface area (Å²) in [6.45, 7) is 3.08. The second-order valence-electron chi connectivity index (χ2n) is 3.86. The number of aromatic nitrogens is 4. The quantitative estimate of drug-likeness (QED) is 0.736. The molecule has 0 N–H and O–H groups in total. The molecule has 0 unspecified atom stereocenters. The van der Waals surface area contributed by atoms with Gasteiger partial charge in [0, 0.05) is 44.8 Å². The zero-order valence-corrected chi connectivity index (χ0v) is 9.83. The lowest BCUT2D eigenvalue weighted by atomic mass is 10.5. The third-order valence-corrected chi connectivity index (χ3v) is 2.77. The smallest absolute Gasteiger partial charge is 0.330 e. The highest BCUT2D eigenvalue weighted by Crippen LogP contribution is 1.95. The summed E-state index contributed by atoms with van der Waals surface area (Å²) in [6.07, 6.45) is 5.11. The molecule has 2 aromatic rings. The molecule has 90 valence electrons. The molecule has 0 aliphatic carbocycles. The topological polar surface area (TPSA) is 61.8 Å². The lowest BCUT2D eigenvalue weighted by molar-refractivity contribution is 0.527. The molecule has 6 heteroatoms. The van der Waals surface area contributed by atoms with Crippen LogP contribution in [0, 0.1) is 6.92 Å². The van der Waals surface area contributed by atoms with E-state index in [9.17, 15) is 9.59 Å². The number of imidazole rings is 1. The number of rotatable bonds is 3. The van der Waals surface area contributed by atoms with Crippen LogP contribution in [-0.2, 0) is 20.1 Å². The van der Waals surface area contributed by atoms with Crippen molar-refractivity contribution in [1.82, 2.24) is 18.7 Å². The number of aryl methyl sites for hydroxylation is 3. The highest BCUT2D eigenvalue weighted by Gasteiger charge is 2.02. The van der Waals surface area contributed by atoms with Crippen LogP contribution in [0.2, 0.25) is 0 Å². The van der Waals surface area contributed by atoms with Crippen LogP contribution in [0.3, 0.4) is 0 Å². The summed E-state index contributed by atoms with van der Waals surface area (Å²) in [7, 11) is 1.48. The van der Waals surface area contributed by atoms with Gasteiger partial charge in [0.2, 0.25) is 0 Å². The molecule has 0 fully saturated rings. The molecule has 0 spiro atoms. The van der Waals surface area contributed by atoms with Gasteiger partial charge < -0.3 is 4.57 Å². The molecule has 0 saturated heterocycles. The summed E-state index contributed by atoms with van der Waals surface area (Å²) in [5, 5.41) is 0. The Kier molecular flexibility index (Phi) is 2.95. The van der Waals surface area contributed by atoms with Crippen LogP contribution in [0.15, 0.2) is 34.2 Å². The normalized spacial score (nSPS) is 10.7. The summed E-state index contributed by atoms with van der Waals surface area (Å²) in [5.41, 5.74) is -0.583. The zero-order valence-electron chi connectivity index (χ0n) is 9.83. The van der Waals surface area contributed by atoms with Crippen molar-refractivity contribution in [2.75, 3.05) is 0 Å². The maximum Gasteiger partial charge on any atom is 0.330 e. The maximum atomic E-state index is 11.7. The highest BCUT2D eigenvalue weighted by atomic mass is 16.2. The van der Waals surface area contributed by atoms with Gasteiger partial charge in [-0.25, -0.2) is 9.78 Å². The van der Waals surface area contributed by atoms with E-state index in [4.69, 9.17) is 0 Å². The van der Waals surface area contributed by atoms with Gasteiger partial charge in [-0.1, -0.05) is 0 Å². The van der Waals surface area contributed by atoms with E-state index in [0.717, 1.165) is 10.4 Å². The van der Waals surface area contributed by atoms with Crippen LogP contribution in [0.25, 0.3) is 0 Å². The third kappa shape index (κ3) is 2.20. The molecule has 2 aromatic heterocycles. The minimum atomic E-state index is -0.296. The second kappa shape index (κ2) is 4.40. The molecule has 0 aliphatic rings. The fourth-order valence-corrected chi connectivity index (χ4v) is 1.64. The van der Waals surface area contributed by atoms with Crippen molar-refractivity contribution in [1.29, 1.82) is 0 Å². The van der Waals surface area contributed by atoms with E-state index in [1.54, 1.807) is 6.20 Å². The van der Waals surface area contributed by atoms with Gasteiger partial charge in [0.05, 0.1) is 0 Å². The van der Waals surface area contributed by atoms with E-state index in [-0.39, 0.29) is 11.2 Å². The van der Waals surface area contributed by atoms with Crippen molar-refractivity contribution in [3.05, 3.63) is 51.3 Å². The second-order valence-corrected chi connectivity index (χ2v) is 3.86. The third-order valence-electron chi connectivity index (χ3n) is 2.77. The number of nitrogens with zero attached hydrogens (tertiary/aromatic N) is 4. The Hall–Kier alpha value is -2.11. The van der Waals surface area contributed by atoms with Gasteiger partial charge >= 0.3 is 5.69 Å². The van der Waals surface area contributed by atoms with Crippen LogP contribution in [0.4, 0.5) is 0 Å². The van der Waals surface area contributed by atoms with Crippen molar-refractivity contribution < 1.29 is 0 Å². The standard InChI is InChI=1S/C11H14N4O2/c1-9-12-4-6-14(9)7-8-15-5-3-10(16)13(2)11(15)17/h3-6H,7-8H2,1-2H3. The van der Waals surface area contributed by atoms with Gasteiger partial charge in [0.25, 0.3) is 5.56 Å². The van der Waals surface area contributed by atoms with E-state index < -0.39 is 0 Å². The van der Waals surface area contributed by atoms with Crippen molar-refractivity contribution in [2.24, 2.45) is 7.05 Å². The molecule has 0 amide bonds. The summed E-state index contributed by atoms with van der Waals surface area (Å²) in [6, 6.07) is 1.39. The van der Waals surface area contributed by atoms with Crippen molar-refractivity contribution in [3.63, 3.8) is 0 Å². The Bertz CT molecular complexity index is 635. The van der Waals surface area contributed by atoms with Crippen molar-refractivity contribution in [3.8, 4) is 0 Å². The first-order valence-electron chi connectivity index (χ1n) is 5.34. The average molecular weight is 234 g/mol. The Morgan fingerprint density at radius 1 is 1.18 bits per heavy atom. The maximum absolute atomic E-state index is 11.7. The zero-order chi connectivity index (χ0) is 12.4. The first-order chi connectivity index (χ1) is 8.09.